The number of hydrogen-bond donors (Lipinski definition) is 1. The van der Waals surface area contributed by atoms with Crippen molar-refractivity contribution in [1.82, 2.24) is 4.90 Å². The highest BCUT2D eigenvalue weighted by Gasteiger charge is 2.38. The van der Waals surface area contributed by atoms with Gasteiger partial charge in [0.1, 0.15) is 5.41 Å². The van der Waals surface area contributed by atoms with Gasteiger partial charge in [-0.25, -0.2) is 0 Å². The predicted octanol–water partition coefficient (Wildman–Crippen LogP) is 0.534. The van der Waals surface area contributed by atoms with Crippen molar-refractivity contribution in [2.75, 3.05) is 19.7 Å². The average molecular weight is 240 g/mol. The molecule has 1 saturated heterocycles. The van der Waals surface area contributed by atoms with Crippen LogP contribution in [0.1, 0.15) is 27.2 Å². The number of carbonyl (C=O) groups is 1. The van der Waals surface area contributed by atoms with Crippen LogP contribution in [0.4, 0.5) is 0 Å². The maximum atomic E-state index is 12.3. The van der Waals surface area contributed by atoms with Crippen molar-refractivity contribution in [2.24, 2.45) is 5.41 Å². The zero-order chi connectivity index (χ0) is 13.1. The zero-order valence-electron chi connectivity index (χ0n) is 10.6. The first-order chi connectivity index (χ1) is 7.96. The second kappa shape index (κ2) is 5.48. The van der Waals surface area contributed by atoms with Crippen LogP contribution in [-0.2, 0) is 9.53 Å². The quantitative estimate of drug-likeness (QED) is 0.781. The van der Waals surface area contributed by atoms with E-state index >= 15 is 0 Å². The summed E-state index contributed by atoms with van der Waals surface area (Å²) in [7, 11) is 0. The van der Waals surface area contributed by atoms with Crippen LogP contribution in [-0.4, -0.2) is 47.8 Å². The van der Waals surface area contributed by atoms with Gasteiger partial charge in [-0.1, -0.05) is 6.92 Å². The zero-order valence-corrected chi connectivity index (χ0v) is 10.6. The van der Waals surface area contributed by atoms with Crippen LogP contribution in [0.3, 0.4) is 0 Å². The molecule has 17 heavy (non-hydrogen) atoms. The molecular weight excluding hydrogens is 220 g/mol. The van der Waals surface area contributed by atoms with Gasteiger partial charge in [-0.05, 0) is 20.3 Å². The monoisotopic (exact) mass is 240 g/mol. The van der Waals surface area contributed by atoms with Gasteiger partial charge < -0.3 is 14.7 Å². The molecule has 0 saturated carbocycles. The topological polar surface area (TPSA) is 73.6 Å². The fourth-order valence-electron chi connectivity index (χ4n) is 1.94. The molecule has 1 rings (SSSR count). The lowest BCUT2D eigenvalue weighted by Gasteiger charge is -2.38. The Morgan fingerprint density at radius 3 is 2.76 bits per heavy atom. The average Bonchev–Trinajstić information content (AvgIpc) is 2.36. The van der Waals surface area contributed by atoms with Gasteiger partial charge in [-0.2, -0.15) is 5.26 Å². The van der Waals surface area contributed by atoms with Gasteiger partial charge in [0.05, 0.1) is 24.9 Å². The Balaban J connectivity index is 2.79. The van der Waals surface area contributed by atoms with Gasteiger partial charge in [-0.3, -0.25) is 4.79 Å². The van der Waals surface area contributed by atoms with Gasteiger partial charge in [0.2, 0.25) is 5.91 Å². The fourth-order valence-corrected chi connectivity index (χ4v) is 1.94. The van der Waals surface area contributed by atoms with Gasteiger partial charge in [0.25, 0.3) is 0 Å². The van der Waals surface area contributed by atoms with Crippen LogP contribution < -0.4 is 0 Å². The predicted molar refractivity (Wildman–Crippen MR) is 62.0 cm³/mol. The molecule has 0 aromatic carbocycles. The smallest absolute Gasteiger partial charge is 0.242 e. The van der Waals surface area contributed by atoms with E-state index in [0.717, 1.165) is 0 Å². The minimum Gasteiger partial charge on any atom is -0.394 e. The molecule has 3 atom stereocenters. The number of aliphatic hydroxyl groups is 1. The molecule has 0 aliphatic carbocycles. The number of nitrogens with zero attached hydrogens (tertiary/aromatic N) is 2. The SMILES string of the molecule is CCC(C)(C#N)C(=O)N1CC(C)OC(CO)C1. The lowest BCUT2D eigenvalue weighted by atomic mass is 9.87. The number of aliphatic hydroxyl groups excluding tert-OH is 1. The maximum absolute atomic E-state index is 12.3. The first-order valence-electron chi connectivity index (χ1n) is 5.93. The minimum atomic E-state index is -0.975. The minimum absolute atomic E-state index is 0.107. The van der Waals surface area contributed by atoms with E-state index in [1.54, 1.807) is 11.8 Å². The molecule has 1 heterocycles. The Morgan fingerprint density at radius 1 is 1.65 bits per heavy atom. The number of hydrogen-bond acceptors (Lipinski definition) is 4. The third-order valence-corrected chi connectivity index (χ3v) is 3.24. The van der Waals surface area contributed by atoms with Crippen LogP contribution in [0.15, 0.2) is 0 Å². The molecule has 0 bridgehead atoms. The highest BCUT2D eigenvalue weighted by Crippen LogP contribution is 2.25. The molecule has 3 unspecified atom stereocenters. The molecule has 0 aromatic heterocycles. The highest BCUT2D eigenvalue weighted by atomic mass is 16.5. The second-order valence-corrected chi connectivity index (χ2v) is 4.76. The Labute approximate surface area is 102 Å². The Morgan fingerprint density at radius 2 is 2.29 bits per heavy atom. The van der Waals surface area contributed by atoms with E-state index in [9.17, 15) is 4.79 Å². The lowest BCUT2D eigenvalue weighted by molar-refractivity contribution is -0.153. The molecule has 96 valence electrons. The molecule has 0 radical (unpaired) electrons. The van der Waals surface area contributed by atoms with Crippen LogP contribution in [0.25, 0.3) is 0 Å². The summed E-state index contributed by atoms with van der Waals surface area (Å²) in [4.78, 5) is 13.9. The highest BCUT2D eigenvalue weighted by molar-refractivity contribution is 5.85. The summed E-state index contributed by atoms with van der Waals surface area (Å²) in [6.45, 7) is 6.07. The van der Waals surface area contributed by atoms with Crippen LogP contribution >= 0.6 is 0 Å². The number of rotatable bonds is 3. The number of carbonyl (C=O) groups excluding carboxylic acids is 1. The summed E-state index contributed by atoms with van der Waals surface area (Å²) in [5.74, 6) is -0.170. The number of amides is 1. The number of morpholine rings is 1. The van der Waals surface area contributed by atoms with Crippen LogP contribution in [0.5, 0.6) is 0 Å². The van der Waals surface area contributed by atoms with Gasteiger partial charge in [0.15, 0.2) is 0 Å². The summed E-state index contributed by atoms with van der Waals surface area (Å²) in [6, 6.07) is 2.08. The van der Waals surface area contributed by atoms with Crippen molar-refractivity contribution in [2.45, 2.75) is 39.4 Å². The van der Waals surface area contributed by atoms with Gasteiger partial charge in [0, 0.05) is 13.1 Å². The largest absolute Gasteiger partial charge is 0.394 e. The molecule has 0 spiro atoms. The second-order valence-electron chi connectivity index (χ2n) is 4.76. The molecule has 0 aromatic rings. The summed E-state index contributed by atoms with van der Waals surface area (Å²) in [5, 5.41) is 18.2. The summed E-state index contributed by atoms with van der Waals surface area (Å²) < 4.78 is 5.47. The van der Waals surface area contributed by atoms with Crippen LogP contribution in [0, 0.1) is 16.7 Å². The summed E-state index contributed by atoms with van der Waals surface area (Å²) in [5.41, 5.74) is -0.975. The van der Waals surface area contributed by atoms with Crippen molar-refractivity contribution in [3.63, 3.8) is 0 Å². The van der Waals surface area contributed by atoms with E-state index < -0.39 is 5.41 Å². The molecule has 1 fully saturated rings. The maximum Gasteiger partial charge on any atom is 0.242 e. The van der Waals surface area contributed by atoms with E-state index in [4.69, 9.17) is 15.1 Å². The van der Waals surface area contributed by atoms with E-state index in [0.29, 0.717) is 19.5 Å². The van der Waals surface area contributed by atoms with Crippen molar-refractivity contribution < 1.29 is 14.6 Å². The molecule has 5 nitrogen and oxygen atoms in total. The lowest BCUT2D eigenvalue weighted by Crippen LogP contribution is -2.53. The summed E-state index contributed by atoms with van der Waals surface area (Å²) in [6.07, 6.45) is 0.0323. The van der Waals surface area contributed by atoms with E-state index in [1.165, 1.54) is 0 Å². The van der Waals surface area contributed by atoms with Crippen molar-refractivity contribution in [3.8, 4) is 6.07 Å². The van der Waals surface area contributed by atoms with Crippen LogP contribution in [0.2, 0.25) is 0 Å². The Hall–Kier alpha value is -1.12. The van der Waals surface area contributed by atoms with E-state index in [2.05, 4.69) is 6.07 Å². The van der Waals surface area contributed by atoms with E-state index in [-0.39, 0.29) is 24.7 Å². The van der Waals surface area contributed by atoms with Gasteiger partial charge in [-0.15, -0.1) is 0 Å². The molecular formula is C12H20N2O3. The fraction of sp³-hybridized carbons (Fsp3) is 0.833. The van der Waals surface area contributed by atoms with Gasteiger partial charge >= 0.3 is 0 Å². The standard InChI is InChI=1S/C12H20N2O3/c1-4-12(3,8-13)11(16)14-5-9(2)17-10(6-14)7-15/h9-10,15H,4-7H2,1-3H3. The first kappa shape index (κ1) is 13.9. The number of nitriles is 1. The Kier molecular flexibility index (Phi) is 4.49. The molecule has 5 heteroatoms. The van der Waals surface area contributed by atoms with Crippen molar-refractivity contribution in [1.29, 1.82) is 5.26 Å². The van der Waals surface area contributed by atoms with Crippen molar-refractivity contribution in [3.05, 3.63) is 0 Å². The van der Waals surface area contributed by atoms with Crippen molar-refractivity contribution >= 4 is 5.91 Å². The third-order valence-electron chi connectivity index (χ3n) is 3.24. The third kappa shape index (κ3) is 2.96. The summed E-state index contributed by atoms with van der Waals surface area (Å²) >= 11 is 0. The molecule has 1 aliphatic rings. The molecule has 1 N–H and O–H groups in total. The Bertz CT molecular complexity index is 326. The normalized spacial score (nSPS) is 28.3. The number of ether oxygens (including phenoxy) is 1. The molecule has 1 aliphatic heterocycles. The first-order valence-corrected chi connectivity index (χ1v) is 5.93. The van der Waals surface area contributed by atoms with E-state index in [1.807, 2.05) is 13.8 Å². The molecule has 1 amide bonds.